The smallest absolute Gasteiger partial charge is 0.145 e. The standard InChI is InChI=1S/C14H11ClN2O/c1-9-2-4-12(17)7-14(9)18-13-5-3-11(15)6-10(13)8-16/h2-7H,17H2,1H3. The molecule has 2 N–H and O–H groups in total. The summed E-state index contributed by atoms with van der Waals surface area (Å²) in [7, 11) is 0. The van der Waals surface area contributed by atoms with E-state index >= 15 is 0 Å². The lowest BCUT2D eigenvalue weighted by atomic mass is 10.2. The Balaban J connectivity index is 2.40. The number of aryl methyl sites for hydroxylation is 1. The highest BCUT2D eigenvalue weighted by Crippen LogP contribution is 2.30. The number of ether oxygens (including phenoxy) is 1. The number of hydrogen-bond acceptors (Lipinski definition) is 3. The Labute approximate surface area is 110 Å². The molecule has 0 amide bonds. The van der Waals surface area contributed by atoms with Gasteiger partial charge in [0.15, 0.2) is 0 Å². The fraction of sp³-hybridized carbons (Fsp3) is 0.0714. The van der Waals surface area contributed by atoms with Gasteiger partial charge >= 0.3 is 0 Å². The molecule has 0 bridgehead atoms. The normalized spacial score (nSPS) is 9.83. The maximum Gasteiger partial charge on any atom is 0.145 e. The second kappa shape index (κ2) is 4.99. The first-order valence-electron chi connectivity index (χ1n) is 5.34. The number of nitrogens with zero attached hydrogens (tertiary/aromatic N) is 1. The Morgan fingerprint density at radius 1 is 1.17 bits per heavy atom. The van der Waals surface area contributed by atoms with Gasteiger partial charge in [-0.15, -0.1) is 0 Å². The molecule has 90 valence electrons. The molecule has 0 heterocycles. The van der Waals surface area contributed by atoms with Crippen LogP contribution < -0.4 is 10.5 Å². The monoisotopic (exact) mass is 258 g/mol. The van der Waals surface area contributed by atoms with Crippen LogP contribution in [0.4, 0.5) is 5.69 Å². The summed E-state index contributed by atoms with van der Waals surface area (Å²) in [6, 6.07) is 12.4. The Morgan fingerprint density at radius 2 is 1.94 bits per heavy atom. The van der Waals surface area contributed by atoms with Gasteiger partial charge < -0.3 is 10.5 Å². The molecule has 0 atom stereocenters. The molecule has 3 nitrogen and oxygen atoms in total. The third-order valence-electron chi connectivity index (χ3n) is 2.49. The van der Waals surface area contributed by atoms with E-state index in [1.165, 1.54) is 0 Å². The van der Waals surface area contributed by atoms with Crippen LogP contribution in [0.25, 0.3) is 0 Å². The molecule has 0 aliphatic heterocycles. The van der Waals surface area contributed by atoms with Crippen LogP contribution in [0.1, 0.15) is 11.1 Å². The van der Waals surface area contributed by atoms with Crippen molar-refractivity contribution in [2.45, 2.75) is 6.92 Å². The summed E-state index contributed by atoms with van der Waals surface area (Å²) in [6.07, 6.45) is 0. The zero-order valence-corrected chi connectivity index (χ0v) is 10.5. The molecule has 0 saturated carbocycles. The van der Waals surface area contributed by atoms with Crippen LogP contribution >= 0.6 is 11.6 Å². The first kappa shape index (κ1) is 12.3. The van der Waals surface area contributed by atoms with E-state index < -0.39 is 0 Å². The third kappa shape index (κ3) is 2.55. The number of halogens is 1. The molecule has 0 spiro atoms. The van der Waals surface area contributed by atoms with E-state index in [4.69, 9.17) is 27.3 Å². The van der Waals surface area contributed by atoms with Crippen molar-refractivity contribution in [2.24, 2.45) is 0 Å². The fourth-order valence-corrected chi connectivity index (χ4v) is 1.70. The number of anilines is 1. The molecule has 4 heteroatoms. The first-order valence-corrected chi connectivity index (χ1v) is 5.71. The molecule has 0 unspecified atom stereocenters. The van der Waals surface area contributed by atoms with E-state index in [-0.39, 0.29) is 0 Å². The molecule has 0 aromatic heterocycles. The molecule has 0 saturated heterocycles. The zero-order valence-electron chi connectivity index (χ0n) is 9.77. The minimum Gasteiger partial charge on any atom is -0.456 e. The van der Waals surface area contributed by atoms with Gasteiger partial charge in [-0.25, -0.2) is 0 Å². The molecule has 0 fully saturated rings. The number of benzene rings is 2. The van der Waals surface area contributed by atoms with Crippen LogP contribution in [0.15, 0.2) is 36.4 Å². The van der Waals surface area contributed by atoms with E-state index in [0.29, 0.717) is 27.8 Å². The van der Waals surface area contributed by atoms with Crippen molar-refractivity contribution in [1.82, 2.24) is 0 Å². The van der Waals surface area contributed by atoms with Crippen LogP contribution in [0.5, 0.6) is 11.5 Å². The van der Waals surface area contributed by atoms with Gasteiger partial charge in [-0.05, 0) is 36.8 Å². The van der Waals surface area contributed by atoms with E-state index in [1.54, 1.807) is 30.3 Å². The van der Waals surface area contributed by atoms with Crippen molar-refractivity contribution in [3.8, 4) is 17.6 Å². The second-order valence-electron chi connectivity index (χ2n) is 3.88. The molecular weight excluding hydrogens is 248 g/mol. The lowest BCUT2D eigenvalue weighted by Crippen LogP contribution is -1.93. The van der Waals surface area contributed by atoms with Crippen LogP contribution in [-0.4, -0.2) is 0 Å². The number of nitrogen functional groups attached to an aromatic ring is 1. The highest BCUT2D eigenvalue weighted by molar-refractivity contribution is 6.30. The molecule has 2 rings (SSSR count). The highest BCUT2D eigenvalue weighted by atomic mass is 35.5. The summed E-state index contributed by atoms with van der Waals surface area (Å²) in [6.45, 7) is 1.91. The summed E-state index contributed by atoms with van der Waals surface area (Å²) in [4.78, 5) is 0. The van der Waals surface area contributed by atoms with E-state index in [2.05, 4.69) is 6.07 Å². The number of nitrogens with two attached hydrogens (primary N) is 1. The lowest BCUT2D eigenvalue weighted by molar-refractivity contribution is 0.477. The van der Waals surface area contributed by atoms with E-state index in [9.17, 15) is 0 Å². The number of hydrogen-bond donors (Lipinski definition) is 1. The topological polar surface area (TPSA) is 59.0 Å². The largest absolute Gasteiger partial charge is 0.456 e. The van der Waals surface area contributed by atoms with E-state index in [1.807, 2.05) is 13.0 Å². The average molecular weight is 259 g/mol. The Bertz CT molecular complexity index is 632. The quantitative estimate of drug-likeness (QED) is 0.831. The van der Waals surface area contributed by atoms with Crippen molar-refractivity contribution >= 4 is 17.3 Å². The predicted octanol–water partition coefficient (Wildman–Crippen LogP) is 3.89. The third-order valence-corrected chi connectivity index (χ3v) is 2.73. The van der Waals surface area contributed by atoms with Crippen LogP contribution in [0, 0.1) is 18.3 Å². The predicted molar refractivity (Wildman–Crippen MR) is 71.8 cm³/mol. The summed E-state index contributed by atoms with van der Waals surface area (Å²) in [5, 5.41) is 9.53. The fourth-order valence-electron chi connectivity index (χ4n) is 1.52. The van der Waals surface area contributed by atoms with Crippen LogP contribution in [0.3, 0.4) is 0 Å². The van der Waals surface area contributed by atoms with Gasteiger partial charge in [0.25, 0.3) is 0 Å². The van der Waals surface area contributed by atoms with Crippen LogP contribution in [0.2, 0.25) is 5.02 Å². The number of rotatable bonds is 2. The van der Waals surface area contributed by atoms with Gasteiger partial charge in [-0.2, -0.15) is 5.26 Å². The van der Waals surface area contributed by atoms with Crippen LogP contribution in [-0.2, 0) is 0 Å². The molecule has 0 aliphatic carbocycles. The molecular formula is C14H11ClN2O. The zero-order chi connectivity index (χ0) is 13.1. The average Bonchev–Trinajstić information content (AvgIpc) is 2.36. The van der Waals surface area contributed by atoms with Crippen molar-refractivity contribution in [3.05, 3.63) is 52.5 Å². The Morgan fingerprint density at radius 3 is 2.67 bits per heavy atom. The Hall–Kier alpha value is -2.18. The van der Waals surface area contributed by atoms with Crippen molar-refractivity contribution in [3.63, 3.8) is 0 Å². The van der Waals surface area contributed by atoms with Gasteiger partial charge in [0.2, 0.25) is 0 Å². The second-order valence-corrected chi connectivity index (χ2v) is 4.32. The highest BCUT2D eigenvalue weighted by Gasteiger charge is 2.07. The Kier molecular flexibility index (Phi) is 3.40. The summed E-state index contributed by atoms with van der Waals surface area (Å²) < 4.78 is 5.71. The SMILES string of the molecule is Cc1ccc(N)cc1Oc1ccc(Cl)cc1C#N. The van der Waals surface area contributed by atoms with Gasteiger partial charge in [-0.3, -0.25) is 0 Å². The minimum atomic E-state index is 0.393. The van der Waals surface area contributed by atoms with Gasteiger partial charge in [0.1, 0.15) is 17.6 Å². The number of nitriles is 1. The summed E-state index contributed by atoms with van der Waals surface area (Å²) in [5.41, 5.74) is 7.66. The summed E-state index contributed by atoms with van der Waals surface area (Å²) >= 11 is 5.83. The first-order chi connectivity index (χ1) is 8.60. The van der Waals surface area contributed by atoms with Crippen molar-refractivity contribution in [2.75, 3.05) is 5.73 Å². The minimum absolute atomic E-state index is 0.393. The summed E-state index contributed by atoms with van der Waals surface area (Å²) in [5.74, 6) is 1.10. The molecule has 0 radical (unpaired) electrons. The van der Waals surface area contributed by atoms with Gasteiger partial charge in [-0.1, -0.05) is 17.7 Å². The molecule has 18 heavy (non-hydrogen) atoms. The van der Waals surface area contributed by atoms with Crippen molar-refractivity contribution in [1.29, 1.82) is 5.26 Å². The maximum absolute atomic E-state index is 9.03. The maximum atomic E-state index is 9.03. The molecule has 2 aromatic carbocycles. The lowest BCUT2D eigenvalue weighted by Gasteiger charge is -2.10. The van der Waals surface area contributed by atoms with Gasteiger partial charge in [0.05, 0.1) is 5.56 Å². The molecule has 0 aliphatic rings. The van der Waals surface area contributed by atoms with Gasteiger partial charge in [0, 0.05) is 16.8 Å². The van der Waals surface area contributed by atoms with E-state index in [0.717, 1.165) is 5.56 Å². The molecule has 2 aromatic rings. The van der Waals surface area contributed by atoms with Crippen molar-refractivity contribution < 1.29 is 4.74 Å².